The molecular weight excluding hydrogens is 866 g/mol. The molecule has 1 N–H and O–H groups in total. The van der Waals surface area contributed by atoms with Crippen molar-refractivity contribution in [2.75, 3.05) is 5.01 Å². The number of fused-ring (bicyclic) bond motifs is 5. The summed E-state index contributed by atoms with van der Waals surface area (Å²) < 4.78 is 36.5. The van der Waals surface area contributed by atoms with Crippen LogP contribution in [0.4, 0.5) is 5.69 Å². The van der Waals surface area contributed by atoms with E-state index in [0.29, 0.717) is 29.2 Å². The van der Waals surface area contributed by atoms with Crippen LogP contribution in [0.25, 0.3) is 33.6 Å². The molecule has 6 unspecified atom stereocenters. The molecule has 8 atom stereocenters. The van der Waals surface area contributed by atoms with Crippen LogP contribution in [0.3, 0.4) is 0 Å². The van der Waals surface area contributed by atoms with Crippen LogP contribution in [0.2, 0.25) is 0 Å². The highest BCUT2D eigenvalue weighted by Crippen LogP contribution is 2.71. The van der Waals surface area contributed by atoms with Crippen LogP contribution >= 0.6 is 0 Å². The van der Waals surface area contributed by atoms with Gasteiger partial charge in [0.15, 0.2) is 6.54 Å². The maximum Gasteiger partial charge on any atom is 0.213 e. The van der Waals surface area contributed by atoms with Gasteiger partial charge in [-0.15, -0.1) is 10.2 Å². The van der Waals surface area contributed by atoms with Gasteiger partial charge in [0.25, 0.3) is 0 Å². The maximum absolute atomic E-state index is 13.5. The van der Waals surface area contributed by atoms with Gasteiger partial charge in [-0.25, -0.2) is 18.6 Å². The first-order valence-electron chi connectivity index (χ1n) is 24.8. The topological polar surface area (TPSA) is 132 Å². The van der Waals surface area contributed by atoms with Gasteiger partial charge >= 0.3 is 0 Å². The van der Waals surface area contributed by atoms with E-state index in [4.69, 9.17) is 23.7 Å². The van der Waals surface area contributed by atoms with Gasteiger partial charge in [-0.2, -0.15) is 9.67 Å². The zero-order chi connectivity index (χ0) is 47.3. The summed E-state index contributed by atoms with van der Waals surface area (Å²) in [5.41, 5.74) is 11.5. The van der Waals surface area contributed by atoms with Crippen molar-refractivity contribution in [3.8, 4) is 33.6 Å². The number of nitrogens with zero attached hydrogens (tertiary/aromatic N) is 3. The lowest BCUT2D eigenvalue weighted by molar-refractivity contribution is -2.00. The first kappa shape index (κ1) is 46.5. The van der Waals surface area contributed by atoms with E-state index in [0.717, 1.165) is 60.0 Å². The SMILES string of the molecule is CC12CCCC[C@]1(C)CCC1C2CCC2(C)C1CC[C@@]2(O)C[n+]1c(-c2ccccc2)cc(-c2ccc(N3N=C(c4ccccc4)CC3c3ccccc3)cc2)cc1-c1ccccc1.[O-][Cl+3]([O-])([O-])[O-]. The Balaban J connectivity index is 0.00000103. The zero-order valence-electron chi connectivity index (χ0n) is 39.6. The minimum atomic E-state index is -4.94. The number of aromatic nitrogens is 1. The van der Waals surface area contributed by atoms with Gasteiger partial charge in [0, 0.05) is 35.1 Å². The first-order chi connectivity index (χ1) is 32.7. The lowest BCUT2D eigenvalue weighted by Crippen LogP contribution is -2.68. The van der Waals surface area contributed by atoms with Crippen molar-refractivity contribution in [1.82, 2.24) is 0 Å². The Hall–Kier alpha value is -5.19. The maximum atomic E-state index is 13.5. The van der Waals surface area contributed by atoms with Gasteiger partial charge in [-0.1, -0.05) is 143 Å². The highest BCUT2D eigenvalue weighted by Gasteiger charge is 2.67. The van der Waals surface area contributed by atoms with E-state index in [1.807, 2.05) is 0 Å². The molecule has 11 rings (SSSR count). The molecule has 0 spiro atoms. The van der Waals surface area contributed by atoms with E-state index < -0.39 is 15.8 Å². The van der Waals surface area contributed by atoms with Gasteiger partial charge < -0.3 is 5.11 Å². The van der Waals surface area contributed by atoms with Crippen LogP contribution in [-0.4, -0.2) is 16.4 Å². The summed E-state index contributed by atoms with van der Waals surface area (Å²) in [6.45, 7) is 8.39. The van der Waals surface area contributed by atoms with Crippen LogP contribution in [0, 0.1) is 44.2 Å². The minimum Gasteiger partial charge on any atom is -0.383 e. The van der Waals surface area contributed by atoms with E-state index in [-0.39, 0.29) is 11.5 Å². The molecular formula is C59H64ClN3O5. The largest absolute Gasteiger partial charge is 0.383 e. The highest BCUT2D eigenvalue weighted by atomic mass is 35.7. The van der Waals surface area contributed by atoms with Crippen LogP contribution in [0.15, 0.2) is 163 Å². The molecule has 1 aromatic heterocycles. The predicted octanol–water partition coefficient (Wildman–Crippen LogP) is 9.13. The number of hydrogen-bond acceptors (Lipinski definition) is 7. The Labute approximate surface area is 404 Å². The Morgan fingerprint density at radius 3 is 1.68 bits per heavy atom. The van der Waals surface area contributed by atoms with Crippen molar-refractivity contribution < 1.29 is 38.6 Å². The van der Waals surface area contributed by atoms with E-state index in [9.17, 15) is 5.11 Å². The summed E-state index contributed by atoms with van der Waals surface area (Å²) in [6, 6.07) is 57.1. The van der Waals surface area contributed by atoms with Crippen molar-refractivity contribution in [2.24, 2.45) is 39.1 Å². The third-order valence-electron chi connectivity index (χ3n) is 18.1. The third-order valence-corrected chi connectivity index (χ3v) is 18.1. The Bertz CT molecular complexity index is 2670. The molecule has 2 heterocycles. The molecule has 0 amide bonds. The molecule has 4 saturated carbocycles. The van der Waals surface area contributed by atoms with E-state index >= 15 is 0 Å². The Morgan fingerprint density at radius 1 is 0.574 bits per heavy atom. The molecule has 8 nitrogen and oxygen atoms in total. The summed E-state index contributed by atoms with van der Waals surface area (Å²) in [5, 5.41) is 20.9. The number of halogens is 1. The van der Waals surface area contributed by atoms with Crippen molar-refractivity contribution in [3.05, 3.63) is 169 Å². The van der Waals surface area contributed by atoms with Gasteiger partial charge in [0.1, 0.15) is 5.60 Å². The van der Waals surface area contributed by atoms with Crippen molar-refractivity contribution in [3.63, 3.8) is 0 Å². The lowest BCUT2D eigenvalue weighted by atomic mass is 9.40. The lowest BCUT2D eigenvalue weighted by Gasteiger charge is -2.65. The number of aliphatic hydroxyl groups is 1. The summed E-state index contributed by atoms with van der Waals surface area (Å²) in [6.07, 6.45) is 13.5. The zero-order valence-corrected chi connectivity index (χ0v) is 40.4. The van der Waals surface area contributed by atoms with Crippen molar-refractivity contribution in [2.45, 2.75) is 110 Å². The molecule has 68 heavy (non-hydrogen) atoms. The number of anilines is 1. The second kappa shape index (κ2) is 18.3. The molecule has 5 aromatic carbocycles. The van der Waals surface area contributed by atoms with Gasteiger partial charge in [0.05, 0.1) is 17.4 Å². The summed E-state index contributed by atoms with van der Waals surface area (Å²) in [5.74, 6) is 2.06. The smallest absolute Gasteiger partial charge is 0.213 e. The predicted molar refractivity (Wildman–Crippen MR) is 258 cm³/mol. The Morgan fingerprint density at radius 2 is 1.09 bits per heavy atom. The molecule has 0 radical (unpaired) electrons. The van der Waals surface area contributed by atoms with Gasteiger partial charge in [0.2, 0.25) is 11.4 Å². The minimum absolute atomic E-state index is 0.115. The quantitative estimate of drug-likeness (QED) is 0.152. The van der Waals surface area contributed by atoms with Crippen molar-refractivity contribution in [1.29, 1.82) is 0 Å². The number of rotatable bonds is 8. The Kier molecular flexibility index (Phi) is 12.5. The second-order valence-electron chi connectivity index (χ2n) is 21.3. The molecule has 1 aliphatic heterocycles. The molecule has 4 aliphatic carbocycles. The van der Waals surface area contributed by atoms with Gasteiger partial charge in [-0.3, -0.25) is 5.01 Å². The van der Waals surface area contributed by atoms with E-state index in [1.54, 1.807) is 0 Å². The summed E-state index contributed by atoms with van der Waals surface area (Å²) >= 11 is 0. The number of pyridine rings is 1. The van der Waals surface area contributed by atoms with Crippen LogP contribution < -0.4 is 28.2 Å². The number of hydrogen-bond donors (Lipinski definition) is 1. The summed E-state index contributed by atoms with van der Waals surface area (Å²) in [4.78, 5) is 0. The van der Waals surface area contributed by atoms with Crippen LogP contribution in [0.1, 0.15) is 109 Å². The first-order valence-corrected chi connectivity index (χ1v) is 26.0. The number of benzene rings is 5. The van der Waals surface area contributed by atoms with Crippen LogP contribution in [0.5, 0.6) is 0 Å². The molecule has 0 bridgehead atoms. The second-order valence-corrected chi connectivity index (χ2v) is 22.0. The molecule has 5 aliphatic rings. The molecule has 9 heteroatoms. The standard InChI is InChI=1S/C59H64N3O.ClHO4/c1-56-33-16-17-34-57(56,2)50-31-36-58(3)51(49(50)30-35-56)32-37-59(58,63)41-61-53(44-20-10-5-11-21-44)38-47(39-54(61)45-22-12-6-13-23-45)42-26-28-48(29-27-42)62-55(46-24-14-7-15-25-46)40-52(60-62)43-18-8-4-9-19-43;2-1(3,4)5/h4-15,18-29,38-39,49-51,55,63H,16-17,30-37,40-41H2,1-3H3;(H,2,3,4,5)/q+1;/p-1/t49?,50?,51?,55?,56-,57?,58?,59-;/m1./s1. The normalized spacial score (nSPS) is 29.8. The molecule has 352 valence electrons. The fraction of sp³-hybridized carbons (Fsp3) is 0.390. The fourth-order valence-corrected chi connectivity index (χ4v) is 14.2. The number of hydrazone groups is 1. The summed E-state index contributed by atoms with van der Waals surface area (Å²) in [7, 11) is -4.94. The average molecular weight is 931 g/mol. The highest BCUT2D eigenvalue weighted by molar-refractivity contribution is 6.03. The molecule has 0 saturated heterocycles. The third kappa shape index (κ3) is 8.63. The monoisotopic (exact) mass is 929 g/mol. The fourth-order valence-electron chi connectivity index (χ4n) is 14.2. The molecule has 4 fully saturated rings. The molecule has 6 aromatic rings. The van der Waals surface area contributed by atoms with Gasteiger partial charge in [-0.05, 0) is 139 Å². The van der Waals surface area contributed by atoms with E-state index in [2.05, 4.69) is 188 Å². The average Bonchev–Trinajstić information content (AvgIpc) is 3.91. The van der Waals surface area contributed by atoms with Crippen molar-refractivity contribution >= 4 is 11.4 Å². The van der Waals surface area contributed by atoms with E-state index in [1.165, 1.54) is 72.8 Å². The van der Waals surface area contributed by atoms with Crippen LogP contribution in [-0.2, 0) is 6.54 Å².